The van der Waals surface area contributed by atoms with Crippen molar-refractivity contribution in [3.63, 3.8) is 0 Å². The topological polar surface area (TPSA) is 59.3 Å². The van der Waals surface area contributed by atoms with E-state index in [9.17, 15) is 4.79 Å². The summed E-state index contributed by atoms with van der Waals surface area (Å²) in [4.78, 5) is 17.1. The zero-order valence-electron chi connectivity index (χ0n) is 10.8. The van der Waals surface area contributed by atoms with Gasteiger partial charge in [0.15, 0.2) is 0 Å². The van der Waals surface area contributed by atoms with E-state index in [4.69, 9.17) is 0 Å². The Hall–Kier alpha value is -1.91. The highest BCUT2D eigenvalue weighted by atomic mass is 16.1. The average Bonchev–Trinajstić information content (AvgIpc) is 2.46. The lowest BCUT2D eigenvalue weighted by molar-refractivity contribution is 0.633. The quantitative estimate of drug-likeness (QED) is 0.770. The van der Waals surface area contributed by atoms with E-state index in [2.05, 4.69) is 21.5 Å². The lowest BCUT2D eigenvalue weighted by Crippen LogP contribution is -2.34. The van der Waals surface area contributed by atoms with Crippen molar-refractivity contribution in [2.75, 3.05) is 5.32 Å². The van der Waals surface area contributed by atoms with Gasteiger partial charge in [0.2, 0.25) is 5.95 Å². The first kappa shape index (κ1) is 11.0. The highest BCUT2D eigenvalue weighted by Crippen LogP contribution is 2.24. The number of rotatable bonds is 0. The number of hydrogen-bond donors (Lipinski definition) is 1. The van der Waals surface area contributed by atoms with E-state index in [1.54, 1.807) is 0 Å². The minimum absolute atomic E-state index is 0.0179. The molecule has 1 N–H and O–H groups in total. The largest absolute Gasteiger partial charge is 0.323 e. The van der Waals surface area contributed by atoms with Crippen LogP contribution in [-0.2, 0) is 12.8 Å². The molecule has 98 valence electrons. The van der Waals surface area contributed by atoms with E-state index < -0.39 is 0 Å². The molecule has 4 rings (SSSR count). The first-order valence-electron chi connectivity index (χ1n) is 7.03. The number of aryl methyl sites for hydroxylation is 1. The fourth-order valence-electron chi connectivity index (χ4n) is 3.05. The highest BCUT2D eigenvalue weighted by molar-refractivity contribution is 6.03. The third-order valence-corrected chi connectivity index (χ3v) is 4.07. The number of hydrogen-bond acceptors (Lipinski definition) is 4. The molecule has 1 aliphatic heterocycles. The molecule has 5 nitrogen and oxygen atoms in total. The molecule has 3 aliphatic rings. The minimum Gasteiger partial charge on any atom is -0.323 e. The van der Waals surface area contributed by atoms with E-state index >= 15 is 0 Å². The fraction of sp³-hybridized carbons (Fsp3) is 0.500. The predicted octanol–water partition coefficient (Wildman–Crippen LogP) is 1.82. The van der Waals surface area contributed by atoms with Crippen LogP contribution < -0.4 is 10.9 Å². The number of aromatic nitrogens is 2. The molecule has 2 heterocycles. The fourth-order valence-corrected chi connectivity index (χ4v) is 3.05. The van der Waals surface area contributed by atoms with Gasteiger partial charge in [0.05, 0.1) is 17.1 Å². The second kappa shape index (κ2) is 4.05. The van der Waals surface area contributed by atoms with E-state index in [-0.39, 0.29) is 5.56 Å². The molecule has 2 aliphatic carbocycles. The van der Waals surface area contributed by atoms with Crippen molar-refractivity contribution in [2.45, 2.75) is 44.9 Å². The molecule has 0 atom stereocenters. The maximum absolute atomic E-state index is 12.5. The van der Waals surface area contributed by atoms with Gasteiger partial charge in [-0.15, -0.1) is 0 Å². The standard InChI is InChI=1S/C14H16N4O/c19-13-9-5-1-2-6-10(9)15-14-16-11-7-3-4-8-12(11)17-18(13)14/h7H,1-6,8H2,(H,15,16). The van der Waals surface area contributed by atoms with E-state index in [0.29, 0.717) is 5.95 Å². The van der Waals surface area contributed by atoms with Crippen LogP contribution in [0.15, 0.2) is 21.7 Å². The van der Waals surface area contributed by atoms with Crippen LogP contribution >= 0.6 is 0 Å². The molecular formula is C14H16N4O. The second-order valence-electron chi connectivity index (χ2n) is 5.37. The highest BCUT2D eigenvalue weighted by Gasteiger charge is 2.24. The monoisotopic (exact) mass is 256 g/mol. The van der Waals surface area contributed by atoms with Gasteiger partial charge in [-0.2, -0.15) is 9.78 Å². The third kappa shape index (κ3) is 1.64. The van der Waals surface area contributed by atoms with Crippen molar-refractivity contribution >= 4 is 11.7 Å². The summed E-state index contributed by atoms with van der Waals surface area (Å²) < 4.78 is 1.46. The Morgan fingerprint density at radius 1 is 1.16 bits per heavy atom. The van der Waals surface area contributed by atoms with Gasteiger partial charge in [-0.3, -0.25) is 4.79 Å². The van der Waals surface area contributed by atoms with Gasteiger partial charge in [0.1, 0.15) is 0 Å². The van der Waals surface area contributed by atoms with Gasteiger partial charge in [0, 0.05) is 5.56 Å². The molecule has 0 spiro atoms. The summed E-state index contributed by atoms with van der Waals surface area (Å²) in [6.07, 6.45) is 9.21. The van der Waals surface area contributed by atoms with Gasteiger partial charge in [-0.25, -0.2) is 4.98 Å². The molecule has 5 heteroatoms. The molecule has 0 amide bonds. The van der Waals surface area contributed by atoms with Crippen LogP contribution in [0.4, 0.5) is 5.95 Å². The van der Waals surface area contributed by atoms with Crippen LogP contribution in [0.1, 0.15) is 43.4 Å². The zero-order valence-corrected chi connectivity index (χ0v) is 10.8. The van der Waals surface area contributed by atoms with Crippen LogP contribution in [0.3, 0.4) is 0 Å². The van der Waals surface area contributed by atoms with Crippen LogP contribution in [0.2, 0.25) is 0 Å². The number of allylic oxidation sites excluding steroid dienone is 2. The minimum atomic E-state index is 0.0179. The van der Waals surface area contributed by atoms with Gasteiger partial charge < -0.3 is 5.32 Å². The molecule has 0 radical (unpaired) electrons. The number of nitrogens with zero attached hydrogens (tertiary/aromatic N) is 3. The Labute approximate surface area is 111 Å². The van der Waals surface area contributed by atoms with Crippen LogP contribution in [0, 0.1) is 0 Å². The Balaban J connectivity index is 1.92. The Kier molecular flexibility index (Phi) is 2.33. The molecule has 0 bridgehead atoms. The number of nitrogens with one attached hydrogen (secondary N) is 1. The lowest BCUT2D eigenvalue weighted by Gasteiger charge is -2.25. The normalized spacial score (nSPS) is 20.4. The first-order valence-corrected chi connectivity index (χ1v) is 7.03. The average molecular weight is 256 g/mol. The van der Waals surface area contributed by atoms with E-state index in [1.807, 2.05) is 0 Å². The van der Waals surface area contributed by atoms with Gasteiger partial charge in [-0.05, 0) is 44.9 Å². The maximum atomic E-state index is 12.5. The van der Waals surface area contributed by atoms with Gasteiger partial charge in [-0.1, -0.05) is 6.08 Å². The smallest absolute Gasteiger partial charge is 0.279 e. The summed E-state index contributed by atoms with van der Waals surface area (Å²) in [6, 6.07) is 0. The van der Waals surface area contributed by atoms with Crippen molar-refractivity contribution in [1.82, 2.24) is 9.66 Å². The molecule has 0 saturated heterocycles. The van der Waals surface area contributed by atoms with Crippen molar-refractivity contribution in [2.24, 2.45) is 5.10 Å². The van der Waals surface area contributed by atoms with Crippen molar-refractivity contribution in [1.29, 1.82) is 0 Å². The van der Waals surface area contributed by atoms with Crippen LogP contribution in [-0.4, -0.2) is 15.4 Å². The summed E-state index contributed by atoms with van der Waals surface area (Å²) in [5.74, 6) is 0.586. The molecule has 0 fully saturated rings. The van der Waals surface area contributed by atoms with Crippen molar-refractivity contribution in [3.05, 3.63) is 33.4 Å². The van der Waals surface area contributed by atoms with Crippen LogP contribution in [0.5, 0.6) is 0 Å². The Morgan fingerprint density at radius 2 is 2.05 bits per heavy atom. The Morgan fingerprint density at radius 3 is 3.00 bits per heavy atom. The maximum Gasteiger partial charge on any atom is 0.279 e. The summed E-state index contributed by atoms with van der Waals surface area (Å²) in [6.45, 7) is 0. The van der Waals surface area contributed by atoms with Gasteiger partial charge in [0.25, 0.3) is 5.56 Å². The predicted molar refractivity (Wildman–Crippen MR) is 73.5 cm³/mol. The van der Waals surface area contributed by atoms with E-state index in [0.717, 1.165) is 67.6 Å². The molecular weight excluding hydrogens is 240 g/mol. The third-order valence-electron chi connectivity index (χ3n) is 4.07. The van der Waals surface area contributed by atoms with Crippen molar-refractivity contribution < 1.29 is 0 Å². The molecule has 0 aromatic carbocycles. The molecule has 1 aromatic rings. The molecule has 0 unspecified atom stereocenters. The van der Waals surface area contributed by atoms with E-state index in [1.165, 1.54) is 4.68 Å². The molecule has 0 saturated carbocycles. The first-order chi connectivity index (χ1) is 9.33. The number of fused-ring (bicyclic) bond motifs is 3. The molecule has 19 heavy (non-hydrogen) atoms. The van der Waals surface area contributed by atoms with Gasteiger partial charge >= 0.3 is 0 Å². The summed E-state index contributed by atoms with van der Waals surface area (Å²) in [5, 5.41) is 7.77. The number of anilines is 1. The lowest BCUT2D eigenvalue weighted by atomic mass is 9.97. The molecule has 1 aromatic heterocycles. The summed E-state index contributed by atoms with van der Waals surface area (Å²) in [7, 11) is 0. The summed E-state index contributed by atoms with van der Waals surface area (Å²) >= 11 is 0. The zero-order chi connectivity index (χ0) is 12.8. The van der Waals surface area contributed by atoms with Crippen molar-refractivity contribution in [3.8, 4) is 0 Å². The summed E-state index contributed by atoms with van der Waals surface area (Å²) in [5.41, 5.74) is 3.87. The Bertz CT molecular complexity index is 669. The second-order valence-corrected chi connectivity index (χ2v) is 5.37. The van der Waals surface area contributed by atoms with Crippen LogP contribution in [0.25, 0.3) is 0 Å². The SMILES string of the molecule is O=c1c2c(nc3n1N=C1CCCC=C1N3)CCCC2.